The molecule has 4 N–H and O–H groups in total. The lowest BCUT2D eigenvalue weighted by atomic mass is 9.95. The molecular formula is C21H26N4O4S. The van der Waals surface area contributed by atoms with E-state index in [1.807, 2.05) is 37.3 Å². The summed E-state index contributed by atoms with van der Waals surface area (Å²) in [5.74, 6) is -0.238. The second kappa shape index (κ2) is 9.27. The Labute approximate surface area is 176 Å². The van der Waals surface area contributed by atoms with Crippen LogP contribution in [0.4, 0.5) is 10.5 Å². The molecule has 0 radical (unpaired) electrons. The number of anilines is 1. The first-order chi connectivity index (χ1) is 14.2. The number of benzene rings is 2. The van der Waals surface area contributed by atoms with Gasteiger partial charge in [-0.05, 0) is 49.6 Å². The van der Waals surface area contributed by atoms with Crippen LogP contribution in [-0.4, -0.2) is 38.3 Å². The highest BCUT2D eigenvalue weighted by atomic mass is 32.2. The van der Waals surface area contributed by atoms with Gasteiger partial charge in [-0.25, -0.2) is 18.4 Å². The van der Waals surface area contributed by atoms with Gasteiger partial charge < -0.3 is 15.5 Å². The molecule has 0 spiro atoms. The van der Waals surface area contributed by atoms with E-state index in [1.54, 1.807) is 17.0 Å². The van der Waals surface area contributed by atoms with Gasteiger partial charge in [0.1, 0.15) is 0 Å². The fourth-order valence-corrected chi connectivity index (χ4v) is 3.94. The van der Waals surface area contributed by atoms with Crippen LogP contribution in [0.3, 0.4) is 0 Å². The second-order valence-corrected chi connectivity index (χ2v) is 8.96. The summed E-state index contributed by atoms with van der Waals surface area (Å²) in [4.78, 5) is 26.7. The Hall–Kier alpha value is -2.91. The molecule has 1 unspecified atom stereocenters. The number of sulfonamides is 1. The monoisotopic (exact) mass is 430 g/mol. The van der Waals surface area contributed by atoms with Crippen LogP contribution >= 0.6 is 0 Å². The van der Waals surface area contributed by atoms with Crippen molar-refractivity contribution in [2.24, 2.45) is 11.1 Å². The van der Waals surface area contributed by atoms with E-state index in [2.05, 4.69) is 10.6 Å². The normalized spacial score (nSPS) is 16.0. The van der Waals surface area contributed by atoms with Crippen molar-refractivity contribution < 1.29 is 18.0 Å². The minimum absolute atomic E-state index is 0.0333. The number of hydrogen-bond donors (Lipinski definition) is 3. The second-order valence-electron chi connectivity index (χ2n) is 7.40. The molecular weight excluding hydrogens is 404 g/mol. The Morgan fingerprint density at radius 2 is 1.63 bits per heavy atom. The number of nitrogens with one attached hydrogen (secondary N) is 2. The number of para-hydroxylation sites is 1. The number of hydrogen-bond acceptors (Lipinski definition) is 4. The number of nitrogens with two attached hydrogens (primary N) is 1. The van der Waals surface area contributed by atoms with Gasteiger partial charge in [-0.15, -0.1) is 0 Å². The molecule has 1 aliphatic heterocycles. The van der Waals surface area contributed by atoms with E-state index in [0.29, 0.717) is 25.9 Å². The fourth-order valence-electron chi connectivity index (χ4n) is 3.43. The maximum atomic E-state index is 12.6. The lowest BCUT2D eigenvalue weighted by molar-refractivity contribution is -0.126. The van der Waals surface area contributed by atoms with Crippen molar-refractivity contribution in [1.29, 1.82) is 0 Å². The Bertz CT molecular complexity index is 985. The minimum atomic E-state index is -3.74. The summed E-state index contributed by atoms with van der Waals surface area (Å²) in [7, 11) is -3.74. The summed E-state index contributed by atoms with van der Waals surface area (Å²) in [5, 5.41) is 10.9. The zero-order chi connectivity index (χ0) is 21.7. The number of urea groups is 1. The van der Waals surface area contributed by atoms with Crippen molar-refractivity contribution in [2.75, 3.05) is 18.4 Å². The summed E-state index contributed by atoms with van der Waals surface area (Å²) < 4.78 is 22.7. The van der Waals surface area contributed by atoms with Gasteiger partial charge in [-0.3, -0.25) is 4.79 Å². The van der Waals surface area contributed by atoms with Gasteiger partial charge in [0.05, 0.1) is 10.9 Å². The third-order valence-corrected chi connectivity index (χ3v) is 6.17. The molecule has 160 valence electrons. The number of amides is 3. The zero-order valence-corrected chi connectivity index (χ0v) is 17.6. The maximum absolute atomic E-state index is 12.6. The lowest BCUT2D eigenvalue weighted by Gasteiger charge is -2.32. The first-order valence-electron chi connectivity index (χ1n) is 9.78. The molecule has 8 nitrogen and oxygen atoms in total. The van der Waals surface area contributed by atoms with Crippen molar-refractivity contribution in [3.8, 4) is 0 Å². The molecule has 1 aliphatic rings. The molecule has 0 bridgehead atoms. The van der Waals surface area contributed by atoms with Crippen LogP contribution in [0.25, 0.3) is 0 Å². The Morgan fingerprint density at radius 3 is 2.20 bits per heavy atom. The molecule has 1 saturated heterocycles. The molecule has 2 aromatic rings. The quantitative estimate of drug-likeness (QED) is 0.674. The summed E-state index contributed by atoms with van der Waals surface area (Å²) in [6.07, 6.45) is 1.18. The SMILES string of the molecule is CC(NC(=O)C1CCN(C(=O)Nc2ccccc2)CC1)c1ccc(S(N)(=O)=O)cc1. The molecule has 3 amide bonds. The van der Waals surface area contributed by atoms with E-state index in [4.69, 9.17) is 5.14 Å². The summed E-state index contributed by atoms with van der Waals surface area (Å²) in [6, 6.07) is 15.0. The number of rotatable bonds is 5. The molecule has 9 heteroatoms. The van der Waals surface area contributed by atoms with E-state index in [1.165, 1.54) is 12.1 Å². The van der Waals surface area contributed by atoms with Gasteiger partial charge in [0.15, 0.2) is 0 Å². The molecule has 0 aromatic heterocycles. The van der Waals surface area contributed by atoms with Crippen molar-refractivity contribution in [1.82, 2.24) is 10.2 Å². The number of carbonyl (C=O) groups excluding carboxylic acids is 2. The summed E-state index contributed by atoms with van der Waals surface area (Å²) >= 11 is 0. The van der Waals surface area contributed by atoms with E-state index >= 15 is 0 Å². The number of piperidine rings is 1. The number of nitrogens with zero attached hydrogens (tertiary/aromatic N) is 1. The van der Waals surface area contributed by atoms with Gasteiger partial charge in [0.25, 0.3) is 0 Å². The minimum Gasteiger partial charge on any atom is -0.349 e. The van der Waals surface area contributed by atoms with Crippen LogP contribution < -0.4 is 15.8 Å². The molecule has 1 fully saturated rings. The average molecular weight is 431 g/mol. The summed E-state index contributed by atoms with van der Waals surface area (Å²) in [6.45, 7) is 2.86. The van der Waals surface area contributed by atoms with Gasteiger partial charge in [0, 0.05) is 24.7 Å². The molecule has 3 rings (SSSR count). The van der Waals surface area contributed by atoms with Crippen molar-refractivity contribution >= 4 is 27.6 Å². The average Bonchev–Trinajstić information content (AvgIpc) is 2.74. The smallest absolute Gasteiger partial charge is 0.321 e. The maximum Gasteiger partial charge on any atom is 0.321 e. The van der Waals surface area contributed by atoms with Gasteiger partial charge in [-0.1, -0.05) is 30.3 Å². The lowest BCUT2D eigenvalue weighted by Crippen LogP contribution is -2.44. The third kappa shape index (κ3) is 5.58. The predicted molar refractivity (Wildman–Crippen MR) is 114 cm³/mol. The van der Waals surface area contributed by atoms with E-state index in [0.717, 1.165) is 11.3 Å². The van der Waals surface area contributed by atoms with Gasteiger partial charge >= 0.3 is 6.03 Å². The zero-order valence-electron chi connectivity index (χ0n) is 16.7. The van der Waals surface area contributed by atoms with Crippen LogP contribution in [0.2, 0.25) is 0 Å². The fraction of sp³-hybridized carbons (Fsp3) is 0.333. The van der Waals surface area contributed by atoms with Crippen LogP contribution in [-0.2, 0) is 14.8 Å². The number of carbonyl (C=O) groups is 2. The first-order valence-corrected chi connectivity index (χ1v) is 11.3. The van der Waals surface area contributed by atoms with E-state index in [9.17, 15) is 18.0 Å². The largest absolute Gasteiger partial charge is 0.349 e. The molecule has 30 heavy (non-hydrogen) atoms. The number of likely N-dealkylation sites (tertiary alicyclic amines) is 1. The van der Waals surface area contributed by atoms with Gasteiger partial charge in [0.2, 0.25) is 15.9 Å². The molecule has 2 aromatic carbocycles. The van der Waals surface area contributed by atoms with Crippen LogP contribution in [0.1, 0.15) is 31.4 Å². The Morgan fingerprint density at radius 1 is 1.03 bits per heavy atom. The van der Waals surface area contributed by atoms with Crippen molar-refractivity contribution in [3.05, 3.63) is 60.2 Å². The van der Waals surface area contributed by atoms with Crippen molar-refractivity contribution in [2.45, 2.75) is 30.7 Å². The summed E-state index contributed by atoms with van der Waals surface area (Å²) in [5.41, 5.74) is 1.53. The highest BCUT2D eigenvalue weighted by Crippen LogP contribution is 2.21. The number of primary sulfonamides is 1. The van der Waals surface area contributed by atoms with Crippen molar-refractivity contribution in [3.63, 3.8) is 0 Å². The topological polar surface area (TPSA) is 122 Å². The predicted octanol–water partition coefficient (Wildman–Crippen LogP) is 2.46. The van der Waals surface area contributed by atoms with Crippen LogP contribution in [0, 0.1) is 5.92 Å². The standard InChI is InChI=1S/C21H26N4O4S/c1-15(16-7-9-19(10-8-16)30(22,28)29)23-20(26)17-11-13-25(14-12-17)21(27)24-18-5-3-2-4-6-18/h2-10,15,17H,11-14H2,1H3,(H,23,26)(H,24,27)(H2,22,28,29). The first kappa shape index (κ1) is 21.8. The molecule has 1 atom stereocenters. The van der Waals surface area contributed by atoms with Gasteiger partial charge in [-0.2, -0.15) is 0 Å². The molecule has 0 saturated carbocycles. The van der Waals surface area contributed by atoms with E-state index in [-0.39, 0.29) is 28.8 Å². The van der Waals surface area contributed by atoms with E-state index < -0.39 is 10.0 Å². The highest BCUT2D eigenvalue weighted by molar-refractivity contribution is 7.89. The Kier molecular flexibility index (Phi) is 6.73. The Balaban J connectivity index is 1.49. The molecule has 0 aliphatic carbocycles. The van der Waals surface area contributed by atoms with Crippen LogP contribution in [0.5, 0.6) is 0 Å². The van der Waals surface area contributed by atoms with Crippen LogP contribution in [0.15, 0.2) is 59.5 Å². The third-order valence-electron chi connectivity index (χ3n) is 5.25. The molecule has 1 heterocycles. The highest BCUT2D eigenvalue weighted by Gasteiger charge is 2.28.